The van der Waals surface area contributed by atoms with E-state index in [9.17, 15) is 18.9 Å². The van der Waals surface area contributed by atoms with Crippen LogP contribution in [0.1, 0.15) is 17.6 Å². The Kier molecular flexibility index (Phi) is 4.70. The summed E-state index contributed by atoms with van der Waals surface area (Å²) in [6.07, 6.45) is -2.52. The first-order chi connectivity index (χ1) is 9.97. The van der Waals surface area contributed by atoms with E-state index in [1.165, 1.54) is 30.3 Å². The lowest BCUT2D eigenvalue weighted by Crippen LogP contribution is -2.00. The number of nitro groups is 1. The van der Waals surface area contributed by atoms with Crippen molar-refractivity contribution in [1.29, 1.82) is 0 Å². The molecule has 4 nitrogen and oxygen atoms in total. The predicted molar refractivity (Wildman–Crippen MR) is 76.8 cm³/mol. The molecule has 0 saturated carbocycles. The molecule has 0 aliphatic rings. The molecular weight excluding hydrogens is 302 g/mol. The zero-order valence-electron chi connectivity index (χ0n) is 10.7. The molecule has 2 aromatic carbocycles. The third kappa shape index (κ3) is 3.88. The molecule has 2 rings (SSSR count). The van der Waals surface area contributed by atoms with Crippen LogP contribution in [-0.2, 0) is 6.54 Å². The Morgan fingerprint density at radius 2 is 2.00 bits per heavy atom. The van der Waals surface area contributed by atoms with Crippen LogP contribution in [0.4, 0.5) is 20.2 Å². The van der Waals surface area contributed by atoms with Crippen molar-refractivity contribution in [3.63, 3.8) is 0 Å². The molecule has 0 fully saturated rings. The van der Waals surface area contributed by atoms with E-state index < -0.39 is 11.3 Å². The number of alkyl halides is 2. The van der Waals surface area contributed by atoms with Crippen LogP contribution in [-0.4, -0.2) is 4.92 Å². The summed E-state index contributed by atoms with van der Waals surface area (Å²) in [4.78, 5) is 10.1. The molecule has 0 amide bonds. The summed E-state index contributed by atoms with van der Waals surface area (Å²) in [5.74, 6) is 0. The standard InChI is InChI=1S/C14H11ClF2N2O2/c15-12-7-11(4-5-13(12)19(20)21)18-8-9-2-1-3-10(6-9)14(16)17/h1-7,14,18H,8H2. The number of benzene rings is 2. The SMILES string of the molecule is O=[N+]([O-])c1ccc(NCc2cccc(C(F)F)c2)cc1Cl. The molecule has 0 aliphatic heterocycles. The Balaban J connectivity index is 2.08. The Morgan fingerprint density at radius 3 is 2.62 bits per heavy atom. The summed E-state index contributed by atoms with van der Waals surface area (Å²) in [6, 6.07) is 10.3. The second-order valence-corrected chi connectivity index (χ2v) is 4.73. The van der Waals surface area contributed by atoms with Crippen LogP contribution >= 0.6 is 11.6 Å². The minimum Gasteiger partial charge on any atom is -0.381 e. The van der Waals surface area contributed by atoms with Crippen molar-refractivity contribution >= 4 is 23.0 Å². The molecular formula is C14H11ClF2N2O2. The third-order valence-electron chi connectivity index (χ3n) is 2.84. The highest BCUT2D eigenvalue weighted by molar-refractivity contribution is 6.32. The number of rotatable bonds is 5. The first-order valence-electron chi connectivity index (χ1n) is 6.02. The van der Waals surface area contributed by atoms with E-state index in [1.807, 2.05) is 0 Å². The summed E-state index contributed by atoms with van der Waals surface area (Å²) in [5.41, 5.74) is 1.04. The normalized spacial score (nSPS) is 10.7. The molecule has 2 aromatic rings. The first kappa shape index (κ1) is 15.2. The van der Waals surface area contributed by atoms with Gasteiger partial charge in [-0.3, -0.25) is 10.1 Å². The number of anilines is 1. The molecule has 110 valence electrons. The summed E-state index contributed by atoms with van der Waals surface area (Å²) in [5, 5.41) is 13.6. The van der Waals surface area contributed by atoms with Crippen molar-refractivity contribution in [2.45, 2.75) is 13.0 Å². The first-order valence-corrected chi connectivity index (χ1v) is 6.40. The van der Waals surface area contributed by atoms with Crippen molar-refractivity contribution in [2.75, 3.05) is 5.32 Å². The van der Waals surface area contributed by atoms with Gasteiger partial charge in [-0.1, -0.05) is 29.8 Å². The maximum Gasteiger partial charge on any atom is 0.288 e. The molecule has 1 N–H and O–H groups in total. The van der Waals surface area contributed by atoms with Crippen LogP contribution in [0.15, 0.2) is 42.5 Å². The van der Waals surface area contributed by atoms with Gasteiger partial charge in [0, 0.05) is 23.9 Å². The third-order valence-corrected chi connectivity index (χ3v) is 3.15. The minimum absolute atomic E-state index is 0.0198. The van der Waals surface area contributed by atoms with Gasteiger partial charge in [-0.2, -0.15) is 0 Å². The highest BCUT2D eigenvalue weighted by Gasteiger charge is 2.12. The van der Waals surface area contributed by atoms with Crippen molar-refractivity contribution in [2.24, 2.45) is 0 Å². The molecule has 21 heavy (non-hydrogen) atoms. The Bertz CT molecular complexity index is 665. The maximum atomic E-state index is 12.6. The van der Waals surface area contributed by atoms with Crippen molar-refractivity contribution < 1.29 is 13.7 Å². The van der Waals surface area contributed by atoms with Crippen LogP contribution in [0.25, 0.3) is 0 Å². The molecule has 0 aliphatic carbocycles. The van der Waals surface area contributed by atoms with E-state index in [0.29, 0.717) is 17.8 Å². The van der Waals surface area contributed by atoms with E-state index in [-0.39, 0.29) is 16.3 Å². The molecule has 0 bridgehead atoms. The van der Waals surface area contributed by atoms with Gasteiger partial charge in [0.2, 0.25) is 0 Å². The largest absolute Gasteiger partial charge is 0.381 e. The lowest BCUT2D eigenvalue weighted by molar-refractivity contribution is -0.384. The average Bonchev–Trinajstić information content (AvgIpc) is 2.45. The van der Waals surface area contributed by atoms with Gasteiger partial charge in [0.15, 0.2) is 0 Å². The summed E-state index contributed by atoms with van der Waals surface area (Å²) >= 11 is 5.79. The van der Waals surface area contributed by atoms with Gasteiger partial charge in [-0.25, -0.2) is 8.78 Å². The van der Waals surface area contributed by atoms with Gasteiger partial charge in [-0.15, -0.1) is 0 Å². The zero-order chi connectivity index (χ0) is 15.4. The smallest absolute Gasteiger partial charge is 0.288 e. The number of nitro benzene ring substituents is 1. The molecule has 0 heterocycles. The molecule has 7 heteroatoms. The quantitative estimate of drug-likeness (QED) is 0.637. The molecule has 0 atom stereocenters. The lowest BCUT2D eigenvalue weighted by atomic mass is 10.1. The number of nitrogens with zero attached hydrogens (tertiary/aromatic N) is 1. The molecule has 0 unspecified atom stereocenters. The molecule has 0 spiro atoms. The highest BCUT2D eigenvalue weighted by atomic mass is 35.5. The summed E-state index contributed by atoms with van der Waals surface area (Å²) in [6.45, 7) is 0.314. The second kappa shape index (κ2) is 6.49. The van der Waals surface area contributed by atoms with Gasteiger partial charge in [0.05, 0.1) is 4.92 Å². The highest BCUT2D eigenvalue weighted by Crippen LogP contribution is 2.27. The van der Waals surface area contributed by atoms with E-state index in [4.69, 9.17) is 11.6 Å². The minimum atomic E-state index is -2.52. The number of hydrogen-bond donors (Lipinski definition) is 1. The average molecular weight is 313 g/mol. The van der Waals surface area contributed by atoms with Gasteiger partial charge in [0.25, 0.3) is 12.1 Å². The fourth-order valence-corrected chi connectivity index (χ4v) is 2.06. The van der Waals surface area contributed by atoms with E-state index >= 15 is 0 Å². The molecule has 0 aromatic heterocycles. The summed E-state index contributed by atoms with van der Waals surface area (Å²) < 4.78 is 25.2. The molecule has 0 radical (unpaired) electrons. The van der Waals surface area contributed by atoms with Crippen molar-refractivity contribution in [3.8, 4) is 0 Å². The van der Waals surface area contributed by atoms with Crippen molar-refractivity contribution in [3.05, 3.63) is 68.7 Å². The second-order valence-electron chi connectivity index (χ2n) is 4.32. The predicted octanol–water partition coefficient (Wildman–Crippen LogP) is 4.80. The lowest BCUT2D eigenvalue weighted by Gasteiger charge is -2.08. The fourth-order valence-electron chi connectivity index (χ4n) is 1.81. The van der Waals surface area contributed by atoms with Gasteiger partial charge in [0.1, 0.15) is 5.02 Å². The van der Waals surface area contributed by atoms with Crippen LogP contribution in [0, 0.1) is 10.1 Å². The van der Waals surface area contributed by atoms with Crippen LogP contribution in [0.5, 0.6) is 0 Å². The fraction of sp³-hybridized carbons (Fsp3) is 0.143. The maximum absolute atomic E-state index is 12.6. The van der Waals surface area contributed by atoms with E-state index in [0.717, 1.165) is 0 Å². The zero-order valence-corrected chi connectivity index (χ0v) is 11.5. The number of hydrogen-bond acceptors (Lipinski definition) is 3. The van der Waals surface area contributed by atoms with Crippen LogP contribution in [0.3, 0.4) is 0 Å². The van der Waals surface area contributed by atoms with E-state index in [1.54, 1.807) is 12.1 Å². The van der Waals surface area contributed by atoms with Gasteiger partial charge < -0.3 is 5.32 Å². The van der Waals surface area contributed by atoms with E-state index in [2.05, 4.69) is 5.32 Å². The van der Waals surface area contributed by atoms with Gasteiger partial charge >= 0.3 is 0 Å². The number of nitrogens with one attached hydrogen (secondary N) is 1. The monoisotopic (exact) mass is 312 g/mol. The van der Waals surface area contributed by atoms with Crippen LogP contribution in [0.2, 0.25) is 5.02 Å². The summed E-state index contributed by atoms with van der Waals surface area (Å²) in [7, 11) is 0. The molecule has 0 saturated heterocycles. The Morgan fingerprint density at radius 1 is 1.24 bits per heavy atom. The van der Waals surface area contributed by atoms with Crippen LogP contribution < -0.4 is 5.32 Å². The van der Waals surface area contributed by atoms with Gasteiger partial charge in [-0.05, 0) is 23.8 Å². The topological polar surface area (TPSA) is 55.2 Å². The van der Waals surface area contributed by atoms with Crippen molar-refractivity contribution in [1.82, 2.24) is 0 Å². The number of halogens is 3. The Labute approximate surface area is 124 Å². The Hall–Kier alpha value is -2.21.